The molecule has 1 N–H and O–H groups in total. The van der Waals surface area contributed by atoms with Crippen LogP contribution in [0, 0.1) is 6.92 Å². The zero-order valence-corrected chi connectivity index (χ0v) is 17.1. The number of amides is 1. The van der Waals surface area contributed by atoms with E-state index >= 15 is 0 Å². The third-order valence-corrected chi connectivity index (χ3v) is 5.44. The third kappa shape index (κ3) is 5.24. The number of hydrogen-bond acceptors (Lipinski definition) is 4. The molecule has 0 saturated heterocycles. The van der Waals surface area contributed by atoms with Crippen LogP contribution in [0.1, 0.15) is 55.5 Å². The topological polar surface area (TPSA) is 54.5 Å². The molecule has 1 fully saturated rings. The molecule has 5 nitrogen and oxygen atoms in total. The highest BCUT2D eigenvalue weighted by molar-refractivity contribution is 5.94. The van der Waals surface area contributed by atoms with Gasteiger partial charge in [0.05, 0.1) is 0 Å². The first-order chi connectivity index (χ1) is 13.6. The monoisotopic (exact) mass is 381 g/mol. The number of hydrogen-bond donors (Lipinski definition) is 1. The highest BCUT2D eigenvalue weighted by Crippen LogP contribution is 2.23. The van der Waals surface area contributed by atoms with Crippen molar-refractivity contribution in [3.05, 3.63) is 53.7 Å². The van der Waals surface area contributed by atoms with Crippen LogP contribution in [0.3, 0.4) is 0 Å². The lowest BCUT2D eigenvalue weighted by Crippen LogP contribution is -2.39. The summed E-state index contributed by atoms with van der Waals surface area (Å²) in [5, 5.41) is 3.18. The van der Waals surface area contributed by atoms with Crippen molar-refractivity contribution < 1.29 is 9.53 Å². The van der Waals surface area contributed by atoms with Crippen LogP contribution in [0.4, 0.5) is 5.69 Å². The van der Waals surface area contributed by atoms with Gasteiger partial charge in [-0.2, -0.15) is 0 Å². The maximum atomic E-state index is 12.6. The van der Waals surface area contributed by atoms with Gasteiger partial charge in [0.2, 0.25) is 5.88 Å². The minimum atomic E-state index is 0.00988. The number of aromatic nitrogens is 1. The van der Waals surface area contributed by atoms with E-state index in [2.05, 4.69) is 29.0 Å². The summed E-state index contributed by atoms with van der Waals surface area (Å²) in [6.07, 6.45) is 5.73. The van der Waals surface area contributed by atoms with Gasteiger partial charge in [-0.15, -0.1) is 0 Å². The molecule has 1 aliphatic rings. The summed E-state index contributed by atoms with van der Waals surface area (Å²) in [7, 11) is 0. The molecule has 1 heterocycles. The van der Waals surface area contributed by atoms with E-state index in [1.54, 1.807) is 0 Å². The standard InChI is InChI=1S/C23H31N3O2/c1-4-26(5-2)20-11-7-18(8-12-20)23(27)25-19-9-13-21(14-10-19)28-22-15-6-17(3)16-24-22/h6-8,11-12,15-16,19,21H,4-5,9-10,13-14H2,1-3H3,(H,25,27). The molecular weight excluding hydrogens is 350 g/mol. The maximum Gasteiger partial charge on any atom is 0.251 e. The number of nitrogens with one attached hydrogen (secondary N) is 1. The summed E-state index contributed by atoms with van der Waals surface area (Å²) >= 11 is 0. The number of aryl methyl sites for hydroxylation is 1. The van der Waals surface area contributed by atoms with Gasteiger partial charge in [-0.05, 0) is 76.3 Å². The van der Waals surface area contributed by atoms with Crippen LogP contribution in [-0.2, 0) is 0 Å². The van der Waals surface area contributed by atoms with Crippen LogP contribution in [0.25, 0.3) is 0 Å². The van der Waals surface area contributed by atoms with Crippen molar-refractivity contribution in [3.8, 4) is 5.88 Å². The molecule has 2 aromatic rings. The first-order valence-corrected chi connectivity index (χ1v) is 10.3. The van der Waals surface area contributed by atoms with Crippen LogP contribution in [0.5, 0.6) is 5.88 Å². The minimum absolute atomic E-state index is 0.00988. The zero-order chi connectivity index (χ0) is 19.9. The largest absolute Gasteiger partial charge is 0.474 e. The second-order valence-electron chi connectivity index (χ2n) is 7.46. The van der Waals surface area contributed by atoms with E-state index in [1.165, 1.54) is 0 Å². The summed E-state index contributed by atoms with van der Waals surface area (Å²) in [5.41, 5.74) is 3.01. The zero-order valence-electron chi connectivity index (χ0n) is 17.1. The third-order valence-electron chi connectivity index (χ3n) is 5.44. The van der Waals surface area contributed by atoms with Gasteiger partial charge in [0, 0.05) is 42.6 Å². The van der Waals surface area contributed by atoms with Crippen molar-refractivity contribution >= 4 is 11.6 Å². The number of benzene rings is 1. The second-order valence-corrected chi connectivity index (χ2v) is 7.46. The lowest BCUT2D eigenvalue weighted by atomic mass is 9.92. The molecule has 0 radical (unpaired) electrons. The molecule has 1 aromatic carbocycles. The molecule has 3 rings (SSSR count). The van der Waals surface area contributed by atoms with Crippen LogP contribution >= 0.6 is 0 Å². The Morgan fingerprint density at radius 3 is 2.32 bits per heavy atom. The normalized spacial score (nSPS) is 19.1. The summed E-state index contributed by atoms with van der Waals surface area (Å²) in [4.78, 5) is 19.2. The molecule has 0 bridgehead atoms. The molecule has 0 unspecified atom stereocenters. The summed E-state index contributed by atoms with van der Waals surface area (Å²) < 4.78 is 5.98. The van der Waals surface area contributed by atoms with Gasteiger partial charge in [-0.3, -0.25) is 4.79 Å². The number of carbonyl (C=O) groups is 1. The van der Waals surface area contributed by atoms with Gasteiger partial charge in [0.15, 0.2) is 0 Å². The number of anilines is 1. The lowest BCUT2D eigenvalue weighted by Gasteiger charge is -2.29. The Hall–Kier alpha value is -2.56. The Kier molecular flexibility index (Phi) is 6.90. The van der Waals surface area contributed by atoms with Crippen molar-refractivity contribution in [1.29, 1.82) is 0 Å². The Morgan fingerprint density at radius 1 is 1.07 bits per heavy atom. The van der Waals surface area contributed by atoms with E-state index in [9.17, 15) is 4.79 Å². The molecule has 1 aromatic heterocycles. The Morgan fingerprint density at radius 2 is 1.75 bits per heavy atom. The lowest BCUT2D eigenvalue weighted by molar-refractivity contribution is 0.0890. The number of nitrogens with zero attached hydrogens (tertiary/aromatic N) is 2. The molecular formula is C23H31N3O2. The average Bonchev–Trinajstić information content (AvgIpc) is 2.72. The molecule has 0 aliphatic heterocycles. The van der Waals surface area contributed by atoms with Gasteiger partial charge >= 0.3 is 0 Å². The van der Waals surface area contributed by atoms with Gasteiger partial charge in [0.1, 0.15) is 6.10 Å². The van der Waals surface area contributed by atoms with E-state index in [-0.39, 0.29) is 18.1 Å². The summed E-state index contributed by atoms with van der Waals surface area (Å²) in [5.74, 6) is 0.696. The molecule has 28 heavy (non-hydrogen) atoms. The first-order valence-electron chi connectivity index (χ1n) is 10.3. The number of carbonyl (C=O) groups excluding carboxylic acids is 1. The molecule has 1 aliphatic carbocycles. The van der Waals surface area contributed by atoms with E-state index in [1.807, 2.05) is 49.5 Å². The van der Waals surface area contributed by atoms with Crippen molar-refractivity contribution in [1.82, 2.24) is 10.3 Å². The van der Waals surface area contributed by atoms with Gasteiger partial charge in [0.25, 0.3) is 5.91 Å². The Balaban J connectivity index is 1.47. The summed E-state index contributed by atoms with van der Waals surface area (Å²) in [6.45, 7) is 8.22. The smallest absolute Gasteiger partial charge is 0.251 e. The molecule has 5 heteroatoms. The Bertz CT molecular complexity index is 746. The number of rotatable bonds is 7. The first kappa shape index (κ1) is 20.2. The van der Waals surface area contributed by atoms with Crippen LogP contribution in [0.15, 0.2) is 42.6 Å². The van der Waals surface area contributed by atoms with Crippen molar-refractivity contribution in [2.45, 2.75) is 58.6 Å². The highest BCUT2D eigenvalue weighted by atomic mass is 16.5. The number of pyridine rings is 1. The van der Waals surface area contributed by atoms with Crippen LogP contribution in [0.2, 0.25) is 0 Å². The van der Waals surface area contributed by atoms with Crippen molar-refractivity contribution in [2.24, 2.45) is 0 Å². The fourth-order valence-corrected chi connectivity index (χ4v) is 3.70. The molecule has 0 atom stereocenters. The molecule has 0 spiro atoms. The predicted molar refractivity (Wildman–Crippen MR) is 113 cm³/mol. The number of ether oxygens (including phenoxy) is 1. The quantitative estimate of drug-likeness (QED) is 0.774. The Labute approximate surface area is 168 Å². The van der Waals surface area contributed by atoms with Crippen molar-refractivity contribution in [3.63, 3.8) is 0 Å². The minimum Gasteiger partial charge on any atom is -0.474 e. The van der Waals surface area contributed by atoms with Gasteiger partial charge in [-0.1, -0.05) is 6.07 Å². The van der Waals surface area contributed by atoms with Gasteiger partial charge < -0.3 is 15.0 Å². The molecule has 1 saturated carbocycles. The second kappa shape index (κ2) is 9.58. The molecule has 1 amide bonds. The van der Waals surface area contributed by atoms with E-state index in [0.717, 1.165) is 55.6 Å². The fourth-order valence-electron chi connectivity index (χ4n) is 3.70. The maximum absolute atomic E-state index is 12.6. The van der Waals surface area contributed by atoms with Crippen molar-refractivity contribution in [2.75, 3.05) is 18.0 Å². The van der Waals surface area contributed by atoms with Gasteiger partial charge in [-0.25, -0.2) is 4.98 Å². The fraction of sp³-hybridized carbons (Fsp3) is 0.478. The predicted octanol–water partition coefficient (Wildman–Crippen LogP) is 4.36. The average molecular weight is 382 g/mol. The highest BCUT2D eigenvalue weighted by Gasteiger charge is 2.24. The summed E-state index contributed by atoms with van der Waals surface area (Å²) in [6, 6.07) is 12.0. The SMILES string of the molecule is CCN(CC)c1ccc(C(=O)NC2CCC(Oc3ccc(C)cn3)CC2)cc1. The van der Waals surface area contributed by atoms with Crippen LogP contribution in [-0.4, -0.2) is 36.1 Å². The van der Waals surface area contributed by atoms with E-state index < -0.39 is 0 Å². The molecule has 150 valence electrons. The van der Waals surface area contributed by atoms with E-state index in [4.69, 9.17) is 4.74 Å². The van der Waals surface area contributed by atoms with Crippen LogP contribution < -0.4 is 15.0 Å². The van der Waals surface area contributed by atoms with E-state index in [0.29, 0.717) is 5.88 Å².